The van der Waals surface area contributed by atoms with Crippen molar-refractivity contribution in [2.24, 2.45) is 17.6 Å². The van der Waals surface area contributed by atoms with Crippen molar-refractivity contribution in [1.82, 2.24) is 4.90 Å². The molecular weight excluding hydrogens is 232 g/mol. The van der Waals surface area contributed by atoms with Crippen LogP contribution >= 0.6 is 0 Å². The molecule has 5 heteroatoms. The molecule has 1 saturated carbocycles. The Bertz CT molecular complexity index is 251. The highest BCUT2D eigenvalue weighted by Gasteiger charge is 2.30. The minimum atomic E-state index is 0.0205. The van der Waals surface area contributed by atoms with Gasteiger partial charge in [-0.15, -0.1) is 0 Å². The molecule has 3 atom stereocenters. The zero-order valence-corrected chi connectivity index (χ0v) is 11.5. The average molecular weight is 258 g/mol. The third kappa shape index (κ3) is 4.92. The highest BCUT2D eigenvalue weighted by molar-refractivity contribution is 5.78. The monoisotopic (exact) mass is 258 g/mol. The third-order valence-electron chi connectivity index (χ3n) is 3.51. The molecule has 0 radical (unpaired) electrons. The van der Waals surface area contributed by atoms with Gasteiger partial charge in [0.05, 0.1) is 19.8 Å². The van der Waals surface area contributed by atoms with Gasteiger partial charge >= 0.3 is 0 Å². The van der Waals surface area contributed by atoms with Crippen LogP contribution in [0, 0.1) is 11.8 Å². The second-order valence-corrected chi connectivity index (χ2v) is 5.37. The fraction of sp³-hybridized carbons (Fsp3) is 0.923. The molecule has 5 nitrogen and oxygen atoms in total. The molecule has 0 aromatic carbocycles. The molecule has 0 heterocycles. The smallest absolute Gasteiger partial charge is 0.225 e. The van der Waals surface area contributed by atoms with Crippen LogP contribution in [0.4, 0.5) is 0 Å². The van der Waals surface area contributed by atoms with E-state index < -0.39 is 0 Å². The van der Waals surface area contributed by atoms with Crippen molar-refractivity contribution < 1.29 is 14.6 Å². The number of nitrogens with two attached hydrogens (primary N) is 1. The van der Waals surface area contributed by atoms with E-state index in [4.69, 9.17) is 15.6 Å². The predicted molar refractivity (Wildman–Crippen MR) is 70.0 cm³/mol. The summed E-state index contributed by atoms with van der Waals surface area (Å²) in [6.07, 6.45) is 2.76. The quantitative estimate of drug-likeness (QED) is 0.668. The predicted octanol–water partition coefficient (Wildman–Crippen LogP) is 0.217. The van der Waals surface area contributed by atoms with Gasteiger partial charge in [-0.05, 0) is 25.2 Å². The van der Waals surface area contributed by atoms with Crippen molar-refractivity contribution in [3.63, 3.8) is 0 Å². The summed E-state index contributed by atoms with van der Waals surface area (Å²) in [6, 6.07) is 0.154. The van der Waals surface area contributed by atoms with Crippen molar-refractivity contribution >= 4 is 5.91 Å². The fourth-order valence-electron chi connectivity index (χ4n) is 2.65. The maximum atomic E-state index is 12.2. The maximum absolute atomic E-state index is 12.2. The standard InChI is InChI=1S/C13H26N2O3/c1-10-7-11(9-12(14)8-10)13(17)15(2)3-5-18-6-4-16/h10-12,16H,3-9,14H2,1-2H3. The lowest BCUT2D eigenvalue weighted by Crippen LogP contribution is -2.41. The number of aliphatic hydroxyl groups is 1. The Morgan fingerprint density at radius 1 is 1.39 bits per heavy atom. The van der Waals surface area contributed by atoms with E-state index in [1.54, 1.807) is 11.9 Å². The summed E-state index contributed by atoms with van der Waals surface area (Å²) in [5.74, 6) is 0.762. The summed E-state index contributed by atoms with van der Waals surface area (Å²) in [5, 5.41) is 8.58. The van der Waals surface area contributed by atoms with Crippen LogP contribution in [0.15, 0.2) is 0 Å². The molecule has 0 aliphatic heterocycles. The third-order valence-corrected chi connectivity index (χ3v) is 3.51. The van der Waals surface area contributed by atoms with Gasteiger partial charge in [0.25, 0.3) is 0 Å². The topological polar surface area (TPSA) is 75.8 Å². The van der Waals surface area contributed by atoms with Gasteiger partial charge < -0.3 is 20.5 Å². The van der Waals surface area contributed by atoms with Crippen molar-refractivity contribution in [2.45, 2.75) is 32.2 Å². The number of aliphatic hydroxyl groups excluding tert-OH is 1. The number of ether oxygens (including phenoxy) is 1. The van der Waals surface area contributed by atoms with E-state index in [0.717, 1.165) is 19.3 Å². The molecule has 0 saturated heterocycles. The van der Waals surface area contributed by atoms with E-state index in [0.29, 0.717) is 25.7 Å². The summed E-state index contributed by atoms with van der Waals surface area (Å²) in [4.78, 5) is 13.9. The van der Waals surface area contributed by atoms with Gasteiger partial charge in [-0.25, -0.2) is 0 Å². The van der Waals surface area contributed by atoms with E-state index in [1.165, 1.54) is 0 Å². The van der Waals surface area contributed by atoms with Gasteiger partial charge in [0.1, 0.15) is 0 Å². The molecule has 1 amide bonds. The Hall–Kier alpha value is -0.650. The fourth-order valence-corrected chi connectivity index (χ4v) is 2.65. The number of nitrogens with zero attached hydrogens (tertiary/aromatic N) is 1. The molecule has 18 heavy (non-hydrogen) atoms. The first-order valence-corrected chi connectivity index (χ1v) is 6.73. The molecule has 3 unspecified atom stereocenters. The van der Waals surface area contributed by atoms with Crippen LogP contribution in [0.5, 0.6) is 0 Å². The molecule has 0 bridgehead atoms. The Morgan fingerprint density at radius 3 is 2.72 bits per heavy atom. The molecule has 0 spiro atoms. The first-order valence-electron chi connectivity index (χ1n) is 6.73. The number of amides is 1. The van der Waals surface area contributed by atoms with Gasteiger partial charge in [-0.3, -0.25) is 4.79 Å². The summed E-state index contributed by atoms with van der Waals surface area (Å²) >= 11 is 0. The Labute approximate surface area is 109 Å². The van der Waals surface area contributed by atoms with Crippen LogP contribution in [-0.4, -0.2) is 55.4 Å². The van der Waals surface area contributed by atoms with Crippen LogP contribution in [0.2, 0.25) is 0 Å². The lowest BCUT2D eigenvalue weighted by molar-refractivity contribution is -0.136. The summed E-state index contributed by atoms with van der Waals surface area (Å²) < 4.78 is 5.16. The molecule has 1 rings (SSSR count). The first kappa shape index (κ1) is 15.4. The Morgan fingerprint density at radius 2 is 2.11 bits per heavy atom. The summed E-state index contributed by atoms with van der Waals surface area (Å²) in [7, 11) is 1.80. The number of carbonyl (C=O) groups is 1. The van der Waals surface area contributed by atoms with Gasteiger partial charge in [0.2, 0.25) is 5.91 Å². The molecular formula is C13H26N2O3. The van der Waals surface area contributed by atoms with Gasteiger partial charge in [-0.2, -0.15) is 0 Å². The second kappa shape index (κ2) is 7.71. The van der Waals surface area contributed by atoms with Gasteiger partial charge in [-0.1, -0.05) is 6.92 Å². The van der Waals surface area contributed by atoms with Crippen molar-refractivity contribution in [2.75, 3.05) is 33.4 Å². The number of hydrogen-bond acceptors (Lipinski definition) is 4. The zero-order chi connectivity index (χ0) is 13.5. The number of carbonyl (C=O) groups excluding carboxylic acids is 1. The van der Waals surface area contributed by atoms with Crippen LogP contribution < -0.4 is 5.73 Å². The zero-order valence-electron chi connectivity index (χ0n) is 11.5. The van der Waals surface area contributed by atoms with E-state index >= 15 is 0 Å². The first-order chi connectivity index (χ1) is 8.54. The SMILES string of the molecule is CC1CC(N)CC(C(=O)N(C)CCOCCO)C1. The number of likely N-dealkylation sites (N-methyl/N-ethyl adjacent to an activating group) is 1. The highest BCUT2D eigenvalue weighted by atomic mass is 16.5. The Balaban J connectivity index is 2.33. The molecule has 3 N–H and O–H groups in total. The van der Waals surface area contributed by atoms with E-state index in [2.05, 4.69) is 6.92 Å². The summed E-state index contributed by atoms with van der Waals surface area (Å²) in [6.45, 7) is 3.54. The molecule has 0 aromatic rings. The van der Waals surface area contributed by atoms with Crippen molar-refractivity contribution in [1.29, 1.82) is 0 Å². The van der Waals surface area contributed by atoms with Gasteiger partial charge in [0, 0.05) is 25.6 Å². The van der Waals surface area contributed by atoms with Crippen LogP contribution in [0.25, 0.3) is 0 Å². The number of rotatable bonds is 6. The minimum Gasteiger partial charge on any atom is -0.394 e. The average Bonchev–Trinajstić information content (AvgIpc) is 2.32. The van der Waals surface area contributed by atoms with Crippen molar-refractivity contribution in [3.05, 3.63) is 0 Å². The van der Waals surface area contributed by atoms with E-state index in [1.807, 2.05) is 0 Å². The van der Waals surface area contributed by atoms with Crippen molar-refractivity contribution in [3.8, 4) is 0 Å². The summed E-state index contributed by atoms with van der Waals surface area (Å²) in [5.41, 5.74) is 5.97. The second-order valence-electron chi connectivity index (χ2n) is 5.37. The lowest BCUT2D eigenvalue weighted by Gasteiger charge is -2.32. The Kier molecular flexibility index (Phi) is 6.60. The van der Waals surface area contributed by atoms with Crippen LogP contribution in [0.3, 0.4) is 0 Å². The minimum absolute atomic E-state index is 0.0205. The van der Waals surface area contributed by atoms with E-state index in [9.17, 15) is 4.79 Å². The number of hydrogen-bond donors (Lipinski definition) is 2. The van der Waals surface area contributed by atoms with Gasteiger partial charge in [0.15, 0.2) is 0 Å². The molecule has 106 valence electrons. The molecule has 1 aliphatic carbocycles. The van der Waals surface area contributed by atoms with Crippen LogP contribution in [0.1, 0.15) is 26.2 Å². The molecule has 1 aliphatic rings. The van der Waals surface area contributed by atoms with Crippen LogP contribution in [-0.2, 0) is 9.53 Å². The molecule has 1 fully saturated rings. The largest absolute Gasteiger partial charge is 0.394 e. The van der Waals surface area contributed by atoms with E-state index in [-0.39, 0.29) is 24.5 Å². The maximum Gasteiger partial charge on any atom is 0.225 e. The molecule has 0 aromatic heterocycles. The normalized spacial score (nSPS) is 28.1. The lowest BCUT2D eigenvalue weighted by atomic mass is 9.79. The highest BCUT2D eigenvalue weighted by Crippen LogP contribution is 2.29.